The number of carbonyl (C=O) groups is 2. The number of benzene rings is 2. The smallest absolute Gasteiger partial charge is 0.416 e. The summed E-state index contributed by atoms with van der Waals surface area (Å²) in [6, 6.07) is 11.2. The fraction of sp³-hybridized carbons (Fsp3) is 0.467. The van der Waals surface area contributed by atoms with Crippen LogP contribution in [0.1, 0.15) is 87.2 Å². The summed E-state index contributed by atoms with van der Waals surface area (Å²) in [5.74, 6) is -1.87. The Morgan fingerprint density at radius 1 is 0.875 bits per heavy atom. The molecule has 40 heavy (non-hydrogen) atoms. The molecule has 216 valence electrons. The fourth-order valence-corrected chi connectivity index (χ4v) is 4.44. The van der Waals surface area contributed by atoms with Gasteiger partial charge in [0.1, 0.15) is 0 Å². The monoisotopic (exact) mass is 559 g/mol. The minimum Gasteiger partial charge on any atom is -0.474 e. The highest BCUT2D eigenvalue weighted by molar-refractivity contribution is 6.31. The molecule has 2 aromatic carbocycles. The third kappa shape index (κ3) is 9.81. The number of carboxylic acid groups (broad SMARTS) is 1. The third-order valence-electron chi connectivity index (χ3n) is 6.64. The highest BCUT2D eigenvalue weighted by Crippen LogP contribution is 2.29. The van der Waals surface area contributed by atoms with Gasteiger partial charge in [0, 0.05) is 25.1 Å². The molecule has 0 radical (unpaired) electrons. The van der Waals surface area contributed by atoms with Crippen LogP contribution in [-0.4, -0.2) is 32.0 Å². The summed E-state index contributed by atoms with van der Waals surface area (Å²) in [6.45, 7) is 1.98. The van der Waals surface area contributed by atoms with Crippen LogP contribution in [0.2, 0.25) is 0 Å². The lowest BCUT2D eigenvalue weighted by molar-refractivity contribution is -0.156. The molecular formula is C30H36F3N3O4. The first kappa shape index (κ1) is 30.8. The van der Waals surface area contributed by atoms with Gasteiger partial charge in [-0.1, -0.05) is 87.7 Å². The topological polar surface area (TPSA) is 96.5 Å². The Morgan fingerprint density at radius 3 is 2.12 bits per heavy atom. The van der Waals surface area contributed by atoms with Crippen molar-refractivity contribution in [3.8, 4) is 11.5 Å². The van der Waals surface area contributed by atoms with E-state index in [1.807, 2.05) is 0 Å². The summed E-state index contributed by atoms with van der Waals surface area (Å²) >= 11 is 0. The van der Waals surface area contributed by atoms with Gasteiger partial charge in [-0.3, -0.25) is 4.79 Å². The molecule has 0 aliphatic carbocycles. The van der Waals surface area contributed by atoms with Crippen LogP contribution in [0.5, 0.6) is 0 Å². The van der Waals surface area contributed by atoms with Crippen molar-refractivity contribution < 1.29 is 32.4 Å². The maximum Gasteiger partial charge on any atom is 0.416 e. The van der Waals surface area contributed by atoms with Gasteiger partial charge in [-0.2, -0.15) is 18.2 Å². The number of nitrogens with zero attached hydrogens (tertiary/aromatic N) is 3. The summed E-state index contributed by atoms with van der Waals surface area (Å²) < 4.78 is 44.1. The van der Waals surface area contributed by atoms with Crippen LogP contribution in [0.3, 0.4) is 0 Å². The average molecular weight is 560 g/mol. The van der Waals surface area contributed by atoms with Crippen LogP contribution in [-0.2, 0) is 35.3 Å². The number of carboxylic acids is 1. The molecule has 0 spiro atoms. The molecule has 0 bridgehead atoms. The Morgan fingerprint density at radius 2 is 1.50 bits per heavy atom. The van der Waals surface area contributed by atoms with Gasteiger partial charge < -0.3 is 14.5 Å². The average Bonchev–Trinajstić information content (AvgIpc) is 3.40. The maximum absolute atomic E-state index is 12.9. The summed E-state index contributed by atoms with van der Waals surface area (Å²) in [7, 11) is 0. The molecule has 0 aliphatic heterocycles. The lowest BCUT2D eigenvalue weighted by Crippen LogP contribution is -2.35. The van der Waals surface area contributed by atoms with Crippen molar-refractivity contribution in [1.82, 2.24) is 15.0 Å². The molecule has 1 heterocycles. The van der Waals surface area contributed by atoms with E-state index in [0.717, 1.165) is 29.9 Å². The quantitative estimate of drug-likeness (QED) is 0.154. The summed E-state index contributed by atoms with van der Waals surface area (Å²) in [5, 5.41) is 13.4. The first-order valence-corrected chi connectivity index (χ1v) is 13.8. The molecule has 3 rings (SSSR count). The van der Waals surface area contributed by atoms with Gasteiger partial charge >= 0.3 is 18.1 Å². The zero-order valence-corrected chi connectivity index (χ0v) is 22.8. The second-order valence-corrected chi connectivity index (χ2v) is 9.96. The van der Waals surface area contributed by atoms with E-state index in [4.69, 9.17) is 4.52 Å². The van der Waals surface area contributed by atoms with Crippen LogP contribution in [0.4, 0.5) is 13.2 Å². The molecule has 0 aliphatic rings. The summed E-state index contributed by atoms with van der Waals surface area (Å²) in [4.78, 5) is 29.3. The van der Waals surface area contributed by atoms with E-state index in [0.29, 0.717) is 34.8 Å². The van der Waals surface area contributed by atoms with E-state index in [-0.39, 0.29) is 13.1 Å². The van der Waals surface area contributed by atoms with Crippen LogP contribution < -0.4 is 0 Å². The van der Waals surface area contributed by atoms with E-state index in [2.05, 4.69) is 17.1 Å². The number of aliphatic carboxylic acids is 1. The molecule has 1 N–H and O–H groups in total. The largest absolute Gasteiger partial charge is 0.474 e. The molecule has 7 nitrogen and oxygen atoms in total. The second-order valence-electron chi connectivity index (χ2n) is 9.96. The molecule has 3 aromatic rings. The molecule has 10 heteroatoms. The van der Waals surface area contributed by atoms with Crippen molar-refractivity contribution in [2.45, 2.75) is 90.4 Å². The summed E-state index contributed by atoms with van der Waals surface area (Å²) in [6.07, 6.45) is 7.22. The Kier molecular flexibility index (Phi) is 11.7. The molecule has 0 unspecified atom stereocenters. The Hall–Kier alpha value is -3.69. The number of rotatable bonds is 15. The van der Waals surface area contributed by atoms with E-state index >= 15 is 0 Å². The first-order valence-electron chi connectivity index (χ1n) is 13.8. The molecule has 0 atom stereocenters. The lowest BCUT2D eigenvalue weighted by atomic mass is 10.1. The normalized spacial score (nSPS) is 11.5. The van der Waals surface area contributed by atoms with E-state index < -0.39 is 23.6 Å². The number of unbranched alkanes of at least 4 members (excludes halogenated alkanes) is 8. The van der Waals surface area contributed by atoms with Crippen molar-refractivity contribution >= 4 is 11.9 Å². The molecule has 0 fully saturated rings. The lowest BCUT2D eigenvalue weighted by Gasteiger charge is -2.21. The number of amides is 1. The van der Waals surface area contributed by atoms with E-state index in [9.17, 15) is 27.9 Å². The van der Waals surface area contributed by atoms with Gasteiger partial charge in [0.2, 0.25) is 0 Å². The maximum atomic E-state index is 12.9. The fourth-order valence-electron chi connectivity index (χ4n) is 4.44. The Balaban J connectivity index is 1.58. The highest BCUT2D eigenvalue weighted by atomic mass is 19.4. The number of aromatic nitrogens is 2. The standard InChI is InChI=1S/C30H36F3N3O4/c1-2-3-4-5-6-7-8-9-10-14-26-34-27(40-35-26)24-13-11-12-23(19-24)21-36(28(37)29(38)39)20-22-15-17-25(18-16-22)30(31,32)33/h11-13,15-19H,2-10,14,20-21H2,1H3,(H,38,39). The van der Waals surface area contributed by atoms with Crippen molar-refractivity contribution in [3.63, 3.8) is 0 Å². The van der Waals surface area contributed by atoms with Gasteiger partial charge in [0.15, 0.2) is 5.82 Å². The zero-order valence-electron chi connectivity index (χ0n) is 22.8. The minimum absolute atomic E-state index is 0.0700. The van der Waals surface area contributed by atoms with Crippen LogP contribution in [0.25, 0.3) is 11.5 Å². The van der Waals surface area contributed by atoms with Crippen molar-refractivity contribution in [1.29, 1.82) is 0 Å². The molecule has 0 saturated carbocycles. The minimum atomic E-state index is -4.49. The van der Waals surface area contributed by atoms with E-state index in [1.165, 1.54) is 57.1 Å². The zero-order chi connectivity index (χ0) is 29.0. The molecule has 1 amide bonds. The van der Waals surface area contributed by atoms with Gasteiger partial charge in [-0.05, 0) is 41.8 Å². The molecular weight excluding hydrogens is 523 g/mol. The third-order valence-corrected chi connectivity index (χ3v) is 6.64. The van der Waals surface area contributed by atoms with Gasteiger partial charge in [0.25, 0.3) is 5.89 Å². The Labute approximate surface area is 232 Å². The molecule has 1 aromatic heterocycles. The highest BCUT2D eigenvalue weighted by Gasteiger charge is 2.30. The Bertz CT molecular complexity index is 1230. The van der Waals surface area contributed by atoms with Gasteiger partial charge in [-0.15, -0.1) is 0 Å². The van der Waals surface area contributed by atoms with E-state index in [1.54, 1.807) is 24.3 Å². The number of alkyl halides is 3. The van der Waals surface area contributed by atoms with Gasteiger partial charge in [-0.25, -0.2) is 4.79 Å². The van der Waals surface area contributed by atoms with Crippen molar-refractivity contribution in [3.05, 3.63) is 71.0 Å². The number of carbonyl (C=O) groups excluding carboxylic acids is 1. The predicted octanol–water partition coefficient (Wildman–Crippen LogP) is 7.44. The number of halogens is 3. The van der Waals surface area contributed by atoms with Crippen molar-refractivity contribution in [2.24, 2.45) is 0 Å². The van der Waals surface area contributed by atoms with Gasteiger partial charge in [0.05, 0.1) is 5.56 Å². The SMILES string of the molecule is CCCCCCCCCCCc1noc(-c2cccc(CN(Cc3ccc(C(F)(F)F)cc3)C(=O)C(=O)O)c2)n1. The molecule has 0 saturated heterocycles. The van der Waals surface area contributed by atoms with Crippen LogP contribution in [0, 0.1) is 0 Å². The number of aryl methyl sites for hydroxylation is 1. The predicted molar refractivity (Wildman–Crippen MR) is 144 cm³/mol. The first-order chi connectivity index (χ1) is 19.2. The van der Waals surface area contributed by atoms with Crippen LogP contribution >= 0.6 is 0 Å². The second kappa shape index (κ2) is 15.2. The van der Waals surface area contributed by atoms with Crippen molar-refractivity contribution in [2.75, 3.05) is 0 Å². The summed E-state index contributed by atoms with van der Waals surface area (Å²) in [5.41, 5.74) is 0.784. The number of hydrogen-bond donors (Lipinski definition) is 1. The van der Waals surface area contributed by atoms with Crippen LogP contribution in [0.15, 0.2) is 53.1 Å². The number of hydrogen-bond acceptors (Lipinski definition) is 5.